The van der Waals surface area contributed by atoms with Crippen molar-refractivity contribution >= 4 is 17.4 Å². The summed E-state index contributed by atoms with van der Waals surface area (Å²) in [6.45, 7) is 7.76. The molecule has 1 atom stereocenters. The number of hydrogen-bond donors (Lipinski definition) is 1. The Balaban J connectivity index is 1.73. The quantitative estimate of drug-likeness (QED) is 0.351. The van der Waals surface area contributed by atoms with Crippen molar-refractivity contribution < 1.29 is 28.6 Å². The highest BCUT2D eigenvalue weighted by molar-refractivity contribution is 6.46. The molecule has 1 unspecified atom stereocenters. The van der Waals surface area contributed by atoms with Crippen LogP contribution in [0.1, 0.15) is 36.1 Å². The predicted molar refractivity (Wildman–Crippen MR) is 130 cm³/mol. The number of likely N-dealkylation sites (tertiary alicyclic amines) is 1. The Labute approximate surface area is 204 Å². The van der Waals surface area contributed by atoms with Gasteiger partial charge >= 0.3 is 0 Å². The lowest BCUT2D eigenvalue weighted by Crippen LogP contribution is -2.42. The molecule has 2 aromatic rings. The lowest BCUT2D eigenvalue weighted by molar-refractivity contribution is -0.140. The van der Waals surface area contributed by atoms with Gasteiger partial charge in [0, 0.05) is 37.3 Å². The van der Waals surface area contributed by atoms with E-state index in [1.807, 2.05) is 6.92 Å². The summed E-state index contributed by atoms with van der Waals surface area (Å²) in [6, 6.07) is 10.2. The zero-order valence-electron chi connectivity index (χ0n) is 20.1. The van der Waals surface area contributed by atoms with Crippen LogP contribution in [0, 0.1) is 12.7 Å². The Morgan fingerprint density at radius 2 is 1.89 bits per heavy atom. The standard InChI is InChI=1S/C27H31FN2O5/c1-3-14-35-19-8-9-20(18(2)17-19)25(31)23-24(21-6-4-5-7-22(21)28)30(27(33)26(23)32)11-10-29-12-15-34-16-13-29/h4-9,17,24,31H,3,10-16H2,1-2H3. The van der Waals surface area contributed by atoms with Crippen molar-refractivity contribution in [3.8, 4) is 5.75 Å². The van der Waals surface area contributed by atoms with Gasteiger partial charge in [-0.1, -0.05) is 25.1 Å². The molecule has 1 N–H and O–H groups in total. The molecule has 4 rings (SSSR count). The molecular weight excluding hydrogens is 451 g/mol. The number of amides is 1. The zero-order valence-corrected chi connectivity index (χ0v) is 20.1. The Hall–Kier alpha value is -3.23. The lowest BCUT2D eigenvalue weighted by Gasteiger charge is -2.31. The van der Waals surface area contributed by atoms with Crippen LogP contribution in [0.3, 0.4) is 0 Å². The molecule has 186 valence electrons. The minimum atomic E-state index is -1.02. The SMILES string of the molecule is CCCOc1ccc(C(O)=C2C(=O)C(=O)N(CCN3CCOCC3)C2c2ccccc2F)c(C)c1. The molecule has 2 heterocycles. The fourth-order valence-electron chi connectivity index (χ4n) is 4.56. The van der Waals surface area contributed by atoms with E-state index in [4.69, 9.17) is 9.47 Å². The fourth-order valence-corrected chi connectivity index (χ4v) is 4.56. The van der Waals surface area contributed by atoms with Crippen LogP contribution in [0.4, 0.5) is 4.39 Å². The molecule has 2 aromatic carbocycles. The summed E-state index contributed by atoms with van der Waals surface area (Å²) in [5.74, 6) is -1.76. The summed E-state index contributed by atoms with van der Waals surface area (Å²) in [5, 5.41) is 11.3. The molecule has 8 heteroatoms. The number of rotatable bonds is 8. The van der Waals surface area contributed by atoms with E-state index in [1.54, 1.807) is 43.3 Å². The monoisotopic (exact) mass is 482 g/mol. The summed E-state index contributed by atoms with van der Waals surface area (Å²) in [5.41, 5.74) is 1.16. The molecule has 0 saturated carbocycles. The van der Waals surface area contributed by atoms with E-state index in [-0.39, 0.29) is 23.4 Å². The number of ether oxygens (including phenoxy) is 2. The number of carbonyl (C=O) groups excluding carboxylic acids is 2. The van der Waals surface area contributed by atoms with Crippen LogP contribution < -0.4 is 4.74 Å². The van der Waals surface area contributed by atoms with E-state index in [9.17, 15) is 19.1 Å². The van der Waals surface area contributed by atoms with Gasteiger partial charge in [0.2, 0.25) is 0 Å². The van der Waals surface area contributed by atoms with Crippen LogP contribution in [0.25, 0.3) is 5.76 Å². The number of benzene rings is 2. The third kappa shape index (κ3) is 5.23. The summed E-state index contributed by atoms with van der Waals surface area (Å²) in [4.78, 5) is 29.8. The minimum absolute atomic E-state index is 0.104. The van der Waals surface area contributed by atoms with Crippen LogP contribution in [-0.4, -0.2) is 72.6 Å². The number of Topliss-reactive ketones (excluding diaryl/α,β-unsaturated/α-hetero) is 1. The van der Waals surface area contributed by atoms with E-state index in [0.717, 1.165) is 19.5 Å². The van der Waals surface area contributed by atoms with Gasteiger partial charge in [0.1, 0.15) is 17.3 Å². The Bertz CT molecular complexity index is 1130. The fraction of sp³-hybridized carbons (Fsp3) is 0.407. The average molecular weight is 483 g/mol. The van der Waals surface area contributed by atoms with E-state index in [1.165, 1.54) is 11.0 Å². The first-order chi connectivity index (χ1) is 16.9. The van der Waals surface area contributed by atoms with Gasteiger partial charge < -0.3 is 19.5 Å². The van der Waals surface area contributed by atoms with Crippen molar-refractivity contribution in [3.63, 3.8) is 0 Å². The van der Waals surface area contributed by atoms with Gasteiger partial charge in [-0.25, -0.2) is 4.39 Å². The van der Waals surface area contributed by atoms with Crippen molar-refractivity contribution in [1.29, 1.82) is 0 Å². The Morgan fingerprint density at radius 1 is 1.14 bits per heavy atom. The average Bonchev–Trinajstić information content (AvgIpc) is 3.11. The molecule has 2 saturated heterocycles. The van der Waals surface area contributed by atoms with E-state index < -0.39 is 23.5 Å². The molecular formula is C27H31FN2O5. The van der Waals surface area contributed by atoms with Crippen molar-refractivity contribution in [2.24, 2.45) is 0 Å². The number of ketones is 1. The third-order valence-corrected chi connectivity index (χ3v) is 6.43. The molecule has 1 amide bonds. The number of hydrogen-bond acceptors (Lipinski definition) is 6. The van der Waals surface area contributed by atoms with Crippen molar-refractivity contribution in [1.82, 2.24) is 9.80 Å². The lowest BCUT2D eigenvalue weighted by atomic mass is 9.93. The first-order valence-corrected chi connectivity index (χ1v) is 12.0. The van der Waals surface area contributed by atoms with Crippen LogP contribution in [-0.2, 0) is 14.3 Å². The third-order valence-electron chi connectivity index (χ3n) is 6.43. The Morgan fingerprint density at radius 3 is 2.57 bits per heavy atom. The molecule has 2 fully saturated rings. The van der Waals surface area contributed by atoms with E-state index in [2.05, 4.69) is 4.90 Å². The van der Waals surface area contributed by atoms with Gasteiger partial charge in [0.25, 0.3) is 11.7 Å². The van der Waals surface area contributed by atoms with Crippen LogP contribution in [0.15, 0.2) is 48.0 Å². The van der Waals surface area contributed by atoms with Gasteiger partial charge in [-0.2, -0.15) is 0 Å². The summed E-state index contributed by atoms with van der Waals surface area (Å²) >= 11 is 0. The first kappa shape index (κ1) is 24.9. The number of aryl methyl sites for hydroxylation is 1. The maximum absolute atomic E-state index is 15.0. The molecule has 0 spiro atoms. The molecule has 7 nitrogen and oxygen atoms in total. The van der Waals surface area contributed by atoms with E-state index >= 15 is 0 Å². The molecule has 35 heavy (non-hydrogen) atoms. The highest BCUT2D eigenvalue weighted by Crippen LogP contribution is 2.40. The van der Waals surface area contributed by atoms with Crippen molar-refractivity contribution in [3.05, 3.63) is 70.5 Å². The van der Waals surface area contributed by atoms with Crippen LogP contribution in [0.2, 0.25) is 0 Å². The van der Waals surface area contributed by atoms with E-state index in [0.29, 0.717) is 43.2 Å². The summed E-state index contributed by atoms with van der Waals surface area (Å²) < 4.78 is 26.0. The molecule has 0 bridgehead atoms. The number of aliphatic hydroxyl groups is 1. The highest BCUT2D eigenvalue weighted by Gasteiger charge is 2.47. The first-order valence-electron chi connectivity index (χ1n) is 12.0. The summed E-state index contributed by atoms with van der Waals surface area (Å²) in [7, 11) is 0. The number of morpholine rings is 1. The highest BCUT2D eigenvalue weighted by atomic mass is 19.1. The molecule has 2 aliphatic heterocycles. The number of aliphatic hydroxyl groups excluding tert-OH is 1. The smallest absolute Gasteiger partial charge is 0.295 e. The second-order valence-electron chi connectivity index (χ2n) is 8.79. The number of nitrogens with zero attached hydrogens (tertiary/aromatic N) is 2. The van der Waals surface area contributed by atoms with Gasteiger partial charge in [0.15, 0.2) is 0 Å². The number of halogens is 1. The second-order valence-corrected chi connectivity index (χ2v) is 8.79. The maximum atomic E-state index is 15.0. The topological polar surface area (TPSA) is 79.3 Å². The summed E-state index contributed by atoms with van der Waals surface area (Å²) in [6.07, 6.45) is 0.858. The van der Waals surface area contributed by atoms with Gasteiger partial charge in [-0.15, -0.1) is 0 Å². The largest absolute Gasteiger partial charge is 0.507 e. The molecule has 0 radical (unpaired) electrons. The maximum Gasteiger partial charge on any atom is 0.295 e. The Kier molecular flexibility index (Phi) is 7.83. The molecule has 0 aliphatic carbocycles. The van der Waals surface area contributed by atoms with Crippen LogP contribution >= 0.6 is 0 Å². The molecule has 0 aromatic heterocycles. The van der Waals surface area contributed by atoms with Crippen molar-refractivity contribution in [2.75, 3.05) is 46.0 Å². The molecule has 2 aliphatic rings. The van der Waals surface area contributed by atoms with Crippen LogP contribution in [0.5, 0.6) is 5.75 Å². The van der Waals surface area contributed by atoms with Gasteiger partial charge in [-0.3, -0.25) is 14.5 Å². The van der Waals surface area contributed by atoms with Gasteiger partial charge in [-0.05, 0) is 43.2 Å². The minimum Gasteiger partial charge on any atom is -0.507 e. The zero-order chi connectivity index (χ0) is 24.9. The predicted octanol–water partition coefficient (Wildman–Crippen LogP) is 3.68. The second kappa shape index (κ2) is 11.0. The van der Waals surface area contributed by atoms with Crippen molar-refractivity contribution in [2.45, 2.75) is 26.3 Å². The van der Waals surface area contributed by atoms with Gasteiger partial charge in [0.05, 0.1) is 31.4 Å². The normalized spacial score (nSPS) is 20.4. The number of carbonyl (C=O) groups is 2.